The Kier molecular flexibility index (Phi) is 6.02. The van der Waals surface area contributed by atoms with E-state index in [1.54, 1.807) is 12.0 Å². The summed E-state index contributed by atoms with van der Waals surface area (Å²) in [7, 11) is -2.32. The van der Waals surface area contributed by atoms with Crippen molar-refractivity contribution in [2.75, 3.05) is 17.4 Å². The normalized spacial score (nSPS) is 12.8. The van der Waals surface area contributed by atoms with E-state index in [0.717, 1.165) is 12.3 Å². The molecule has 0 aromatic carbocycles. The third-order valence-electron chi connectivity index (χ3n) is 3.86. The molecule has 0 atom stereocenters. The molecule has 0 aliphatic carbocycles. The first-order chi connectivity index (χ1) is 13.4. The molecule has 3 aromatic rings. The van der Waals surface area contributed by atoms with Crippen LogP contribution in [0.15, 0.2) is 33.8 Å². The summed E-state index contributed by atoms with van der Waals surface area (Å²) >= 11 is -1.22. The number of aryl methyl sites for hydroxylation is 1. The Balaban J connectivity index is 2.28. The fourth-order valence-electron chi connectivity index (χ4n) is 2.59. The zero-order valence-corrected chi connectivity index (χ0v) is 19.5. The van der Waals surface area contributed by atoms with Crippen LogP contribution in [0, 0.1) is 0 Å². The minimum absolute atomic E-state index is 0.0121. The summed E-state index contributed by atoms with van der Waals surface area (Å²) < 4.78 is 70.2. The summed E-state index contributed by atoms with van der Waals surface area (Å²) in [5, 5.41) is 0. The Morgan fingerprint density at radius 2 is 1.86 bits per heavy atom. The first-order valence-electron chi connectivity index (χ1n) is 7.90. The third-order valence-corrected chi connectivity index (χ3v) is 10.6. The second-order valence-corrected chi connectivity index (χ2v) is 15.5. The first kappa shape index (κ1) is 22.1. The molecule has 7 nitrogen and oxygen atoms in total. The number of rotatable bonds is 4. The van der Waals surface area contributed by atoms with Gasteiger partial charge in [-0.1, -0.05) is 0 Å². The van der Waals surface area contributed by atoms with E-state index < -0.39 is 38.7 Å². The molecular formula is C16H16F3IN5O2S2-. The van der Waals surface area contributed by atoms with Gasteiger partial charge in [0.25, 0.3) is 0 Å². The molecule has 158 valence electrons. The molecule has 0 spiro atoms. The van der Waals surface area contributed by atoms with Gasteiger partial charge >= 0.3 is 177 Å². The molecule has 3 aromatic heterocycles. The van der Waals surface area contributed by atoms with Gasteiger partial charge in [-0.05, 0) is 0 Å². The van der Waals surface area contributed by atoms with Gasteiger partial charge in [-0.25, -0.2) is 0 Å². The average molecular weight is 558 g/mol. The maximum absolute atomic E-state index is 13.0. The van der Waals surface area contributed by atoms with Gasteiger partial charge < -0.3 is 0 Å². The summed E-state index contributed by atoms with van der Waals surface area (Å²) in [5.41, 5.74) is -0.162. The van der Waals surface area contributed by atoms with Crippen LogP contribution in [0.3, 0.4) is 0 Å². The van der Waals surface area contributed by atoms with E-state index in [1.807, 2.05) is 12.5 Å². The Hall–Kier alpha value is -1.61. The Bertz CT molecular complexity index is 1240. The number of hydrogen-bond acceptors (Lipinski definition) is 6. The molecule has 3 rings (SSSR count). The van der Waals surface area contributed by atoms with Gasteiger partial charge in [0.2, 0.25) is 0 Å². The van der Waals surface area contributed by atoms with Crippen LogP contribution in [0.2, 0.25) is 0 Å². The van der Waals surface area contributed by atoms with E-state index in [9.17, 15) is 21.6 Å². The van der Waals surface area contributed by atoms with Gasteiger partial charge in [-0.3, -0.25) is 0 Å². The van der Waals surface area contributed by atoms with Crippen molar-refractivity contribution in [2.24, 2.45) is 11.4 Å². The van der Waals surface area contributed by atoms with Crippen LogP contribution in [0.4, 0.5) is 18.9 Å². The molecule has 0 saturated heterocycles. The van der Waals surface area contributed by atoms with Gasteiger partial charge in [-0.15, -0.1) is 0 Å². The van der Waals surface area contributed by atoms with Crippen molar-refractivity contribution in [1.29, 1.82) is 0 Å². The quantitative estimate of drug-likeness (QED) is 0.259. The van der Waals surface area contributed by atoms with Crippen molar-refractivity contribution < 1.29 is 41.4 Å². The van der Waals surface area contributed by atoms with Crippen LogP contribution in [-0.4, -0.2) is 45.4 Å². The van der Waals surface area contributed by atoms with E-state index in [2.05, 4.69) is 19.3 Å². The predicted molar refractivity (Wildman–Crippen MR) is 101 cm³/mol. The number of fused-ring (bicyclic) bond motifs is 1. The molecule has 0 radical (unpaired) electrons. The van der Waals surface area contributed by atoms with E-state index in [1.165, 1.54) is 16.8 Å². The molecule has 0 aliphatic rings. The monoisotopic (exact) mass is 558 g/mol. The number of alkyl halides is 4. The molecule has 0 saturated carbocycles. The van der Waals surface area contributed by atoms with Gasteiger partial charge in [0.15, 0.2) is 0 Å². The molecule has 0 unspecified atom stereocenters. The van der Waals surface area contributed by atoms with Crippen molar-refractivity contribution in [3.05, 3.63) is 30.2 Å². The second kappa shape index (κ2) is 7.91. The van der Waals surface area contributed by atoms with Crippen LogP contribution in [0.5, 0.6) is 0 Å². The Morgan fingerprint density at radius 1 is 1.17 bits per heavy atom. The summed E-state index contributed by atoms with van der Waals surface area (Å²) in [6, 6.07) is 2.29. The fourth-order valence-corrected chi connectivity index (χ4v) is 6.34. The van der Waals surface area contributed by atoms with Crippen molar-refractivity contribution in [2.45, 2.75) is 11.1 Å². The van der Waals surface area contributed by atoms with Gasteiger partial charge in [0.1, 0.15) is 0 Å². The molecule has 3 heterocycles. The van der Waals surface area contributed by atoms with Crippen molar-refractivity contribution >= 4 is 34.4 Å². The second-order valence-electron chi connectivity index (χ2n) is 6.05. The number of aromatic nitrogens is 4. The maximum atomic E-state index is 13.0. The minimum atomic E-state index is -4.61. The van der Waals surface area contributed by atoms with Crippen molar-refractivity contribution in [1.82, 2.24) is 19.5 Å². The van der Waals surface area contributed by atoms with E-state index in [0.29, 0.717) is 11.2 Å². The number of halogens is 4. The van der Waals surface area contributed by atoms with Gasteiger partial charge in [0, 0.05) is 0 Å². The number of imidazole rings is 1. The number of pyridine rings is 2. The summed E-state index contributed by atoms with van der Waals surface area (Å²) in [6.07, 6.45) is 1.66. The van der Waals surface area contributed by atoms with Crippen LogP contribution >= 0.6 is 0 Å². The zero-order chi connectivity index (χ0) is 21.6. The molecular weight excluding hydrogens is 542 g/mol. The van der Waals surface area contributed by atoms with Gasteiger partial charge in [-0.2, -0.15) is 0 Å². The predicted octanol–water partition coefficient (Wildman–Crippen LogP) is 0.150. The summed E-state index contributed by atoms with van der Waals surface area (Å²) in [6.45, 7) is 0. The van der Waals surface area contributed by atoms with Crippen LogP contribution in [-0.2, 0) is 30.9 Å². The van der Waals surface area contributed by atoms with E-state index >= 15 is 0 Å². The number of hydrogen-bond donors (Lipinski definition) is 0. The van der Waals surface area contributed by atoms with Crippen molar-refractivity contribution in [3.63, 3.8) is 0 Å². The van der Waals surface area contributed by atoms with Crippen LogP contribution < -0.4 is 19.8 Å². The summed E-state index contributed by atoms with van der Waals surface area (Å²) in [5.74, 6) is 0.149. The topological polar surface area (TPSA) is 90.1 Å². The van der Waals surface area contributed by atoms with Crippen LogP contribution in [0.1, 0.15) is 5.69 Å². The molecule has 29 heavy (non-hydrogen) atoms. The average Bonchev–Trinajstić information content (AvgIpc) is 2.96. The summed E-state index contributed by atoms with van der Waals surface area (Å²) in [4.78, 5) is 13.5. The number of nitrogens with zero attached hydrogens (tertiary/aromatic N) is 5. The molecule has 0 amide bonds. The zero-order valence-electron chi connectivity index (χ0n) is 15.7. The molecule has 0 N–H and O–H groups in total. The van der Waals surface area contributed by atoms with Crippen molar-refractivity contribution in [3.8, 4) is 11.5 Å². The third kappa shape index (κ3) is 4.45. The van der Waals surface area contributed by atoms with E-state index in [4.69, 9.17) is 0 Å². The first-order valence-corrected chi connectivity index (χ1v) is 16.1. The molecule has 0 fully saturated rings. The SMILES string of the molecule is C[I-]S(=O)(=O)c1cc(N=S(C)C)cnc1-c1nc2cc(C(F)(F)F)ncc2n1C. The van der Waals surface area contributed by atoms with Crippen LogP contribution in [0.25, 0.3) is 22.6 Å². The fraction of sp³-hybridized carbons (Fsp3) is 0.312. The molecule has 0 aliphatic heterocycles. The standard InChI is InChI=1S/C16H16F3IN5O2S2/c1-20-29(26,27)12-5-9(24-28(3)4)7-22-14(12)15-23-10-6-13(16(17,18)19)21-8-11(10)25(15)2/h5-8H,1-4H3/q-1. The Morgan fingerprint density at radius 3 is 2.45 bits per heavy atom. The Labute approximate surface area is 176 Å². The molecule has 13 heteroatoms. The van der Waals surface area contributed by atoms with E-state index in [-0.39, 0.29) is 32.6 Å². The molecule has 0 bridgehead atoms. The van der Waals surface area contributed by atoms with Gasteiger partial charge in [0.05, 0.1) is 0 Å².